The Hall–Kier alpha value is -0.770. The van der Waals surface area contributed by atoms with E-state index in [0.29, 0.717) is 25.2 Å². The third-order valence-electron chi connectivity index (χ3n) is 2.93. The molecule has 1 N–H and O–H groups in total. The Balaban J connectivity index is 2.59. The average Bonchev–Trinajstić information content (AvgIpc) is 2.16. The standard InChI is InChI=1S/C10H20N2O2/c1-4-9-7-11(10(13)14)5-6-12(9)8(2)3/h8-9H,4-7H2,1-3H3,(H,13,14)/t9-/m0/s1. The highest BCUT2D eigenvalue weighted by Gasteiger charge is 2.29. The van der Waals surface area contributed by atoms with Crippen LogP contribution >= 0.6 is 0 Å². The molecule has 1 rings (SSSR count). The van der Waals surface area contributed by atoms with Crippen LogP contribution < -0.4 is 0 Å². The average molecular weight is 200 g/mol. The van der Waals surface area contributed by atoms with Crippen LogP contribution in [0.25, 0.3) is 0 Å². The van der Waals surface area contributed by atoms with E-state index in [1.54, 1.807) is 0 Å². The molecule has 0 radical (unpaired) electrons. The number of hydrogen-bond donors (Lipinski definition) is 1. The molecule has 14 heavy (non-hydrogen) atoms. The second-order valence-corrected chi connectivity index (χ2v) is 4.12. The fourth-order valence-corrected chi connectivity index (χ4v) is 2.09. The van der Waals surface area contributed by atoms with E-state index in [1.807, 2.05) is 0 Å². The lowest BCUT2D eigenvalue weighted by molar-refractivity contribution is 0.0490. The van der Waals surface area contributed by atoms with Gasteiger partial charge in [-0.2, -0.15) is 0 Å². The Morgan fingerprint density at radius 3 is 2.57 bits per heavy atom. The summed E-state index contributed by atoms with van der Waals surface area (Å²) in [6.07, 6.45) is 0.231. The molecule has 1 aliphatic heterocycles. The SMILES string of the molecule is CC[C@H]1CN(C(=O)O)CCN1C(C)C. The molecule has 1 fully saturated rings. The summed E-state index contributed by atoms with van der Waals surface area (Å²) in [5, 5.41) is 8.88. The molecule has 1 amide bonds. The third kappa shape index (κ3) is 2.38. The number of nitrogens with zero attached hydrogens (tertiary/aromatic N) is 2. The van der Waals surface area contributed by atoms with Crippen LogP contribution in [0.3, 0.4) is 0 Å². The van der Waals surface area contributed by atoms with Crippen LogP contribution in [-0.2, 0) is 0 Å². The van der Waals surface area contributed by atoms with Crippen molar-refractivity contribution in [3.05, 3.63) is 0 Å². The molecule has 0 aromatic heterocycles. The number of amides is 1. The number of rotatable bonds is 2. The monoisotopic (exact) mass is 200 g/mol. The lowest BCUT2D eigenvalue weighted by Crippen LogP contribution is -2.56. The summed E-state index contributed by atoms with van der Waals surface area (Å²) < 4.78 is 0. The molecule has 1 saturated heterocycles. The summed E-state index contributed by atoms with van der Waals surface area (Å²) in [6, 6.07) is 0.899. The van der Waals surface area contributed by atoms with Gasteiger partial charge >= 0.3 is 6.09 Å². The molecule has 0 spiro atoms. The van der Waals surface area contributed by atoms with Crippen molar-refractivity contribution in [3.63, 3.8) is 0 Å². The van der Waals surface area contributed by atoms with E-state index in [9.17, 15) is 4.79 Å². The van der Waals surface area contributed by atoms with Crippen molar-refractivity contribution in [3.8, 4) is 0 Å². The van der Waals surface area contributed by atoms with E-state index < -0.39 is 6.09 Å². The first-order valence-electron chi connectivity index (χ1n) is 5.29. The Labute approximate surface area is 85.5 Å². The number of carbonyl (C=O) groups is 1. The number of hydrogen-bond acceptors (Lipinski definition) is 2. The van der Waals surface area contributed by atoms with E-state index in [0.717, 1.165) is 13.0 Å². The van der Waals surface area contributed by atoms with Gasteiger partial charge in [0.1, 0.15) is 0 Å². The van der Waals surface area contributed by atoms with Crippen LogP contribution in [0.5, 0.6) is 0 Å². The van der Waals surface area contributed by atoms with Crippen molar-refractivity contribution in [2.75, 3.05) is 19.6 Å². The maximum Gasteiger partial charge on any atom is 0.407 e. The van der Waals surface area contributed by atoms with Gasteiger partial charge in [0.2, 0.25) is 0 Å². The zero-order valence-corrected chi connectivity index (χ0v) is 9.23. The molecule has 1 aliphatic rings. The van der Waals surface area contributed by atoms with Crippen LogP contribution in [0.4, 0.5) is 4.79 Å². The quantitative estimate of drug-likeness (QED) is 0.734. The van der Waals surface area contributed by atoms with Crippen LogP contribution in [0, 0.1) is 0 Å². The minimum atomic E-state index is -0.785. The zero-order valence-electron chi connectivity index (χ0n) is 9.23. The fourth-order valence-electron chi connectivity index (χ4n) is 2.09. The first-order chi connectivity index (χ1) is 6.56. The Kier molecular flexibility index (Phi) is 3.75. The van der Waals surface area contributed by atoms with Gasteiger partial charge in [-0.1, -0.05) is 6.92 Å². The van der Waals surface area contributed by atoms with Crippen LogP contribution in [-0.4, -0.2) is 52.7 Å². The fraction of sp³-hybridized carbons (Fsp3) is 0.900. The minimum Gasteiger partial charge on any atom is -0.465 e. The predicted molar refractivity (Wildman–Crippen MR) is 55.5 cm³/mol. The first kappa shape index (κ1) is 11.3. The van der Waals surface area contributed by atoms with Crippen LogP contribution in [0.2, 0.25) is 0 Å². The summed E-state index contributed by atoms with van der Waals surface area (Å²) in [5.74, 6) is 0. The highest BCUT2D eigenvalue weighted by Crippen LogP contribution is 2.15. The van der Waals surface area contributed by atoms with Crippen molar-refractivity contribution in [2.45, 2.75) is 39.3 Å². The van der Waals surface area contributed by atoms with E-state index >= 15 is 0 Å². The van der Waals surface area contributed by atoms with E-state index in [1.165, 1.54) is 4.90 Å². The molecule has 0 aromatic carbocycles. The lowest BCUT2D eigenvalue weighted by Gasteiger charge is -2.42. The Morgan fingerprint density at radius 2 is 2.14 bits per heavy atom. The van der Waals surface area contributed by atoms with Crippen LogP contribution in [0.1, 0.15) is 27.2 Å². The topological polar surface area (TPSA) is 43.8 Å². The van der Waals surface area contributed by atoms with Gasteiger partial charge in [0.05, 0.1) is 0 Å². The molecule has 4 nitrogen and oxygen atoms in total. The molecule has 0 unspecified atom stereocenters. The second-order valence-electron chi connectivity index (χ2n) is 4.12. The number of piperazine rings is 1. The molecule has 1 atom stereocenters. The molecular weight excluding hydrogens is 180 g/mol. The molecule has 0 aliphatic carbocycles. The number of carboxylic acid groups (broad SMARTS) is 1. The summed E-state index contributed by atoms with van der Waals surface area (Å²) in [7, 11) is 0. The molecule has 0 aromatic rings. The van der Waals surface area contributed by atoms with Crippen molar-refractivity contribution >= 4 is 6.09 Å². The second kappa shape index (κ2) is 4.64. The maximum absolute atomic E-state index is 10.8. The molecule has 82 valence electrons. The van der Waals surface area contributed by atoms with E-state index in [2.05, 4.69) is 25.7 Å². The van der Waals surface area contributed by atoms with Gasteiger partial charge in [-0.3, -0.25) is 4.90 Å². The largest absolute Gasteiger partial charge is 0.465 e. The van der Waals surface area contributed by atoms with Gasteiger partial charge in [-0.25, -0.2) is 4.79 Å². The van der Waals surface area contributed by atoms with Crippen LogP contribution in [0.15, 0.2) is 0 Å². The van der Waals surface area contributed by atoms with Gasteiger partial charge < -0.3 is 10.0 Å². The smallest absolute Gasteiger partial charge is 0.407 e. The molecule has 1 heterocycles. The molecule has 0 bridgehead atoms. The van der Waals surface area contributed by atoms with Gasteiger partial charge in [0.15, 0.2) is 0 Å². The van der Waals surface area contributed by atoms with Crippen molar-refractivity contribution in [1.29, 1.82) is 0 Å². The summed E-state index contributed by atoms with van der Waals surface area (Å²) in [6.45, 7) is 8.61. The third-order valence-corrected chi connectivity index (χ3v) is 2.93. The Morgan fingerprint density at radius 1 is 1.50 bits per heavy atom. The summed E-state index contributed by atoms with van der Waals surface area (Å²) in [5.41, 5.74) is 0. The van der Waals surface area contributed by atoms with Gasteiger partial charge in [0.25, 0.3) is 0 Å². The lowest BCUT2D eigenvalue weighted by atomic mass is 10.1. The molecule has 4 heteroatoms. The highest BCUT2D eigenvalue weighted by atomic mass is 16.4. The van der Waals surface area contributed by atoms with Crippen molar-refractivity contribution in [2.24, 2.45) is 0 Å². The maximum atomic E-state index is 10.8. The van der Waals surface area contributed by atoms with E-state index in [-0.39, 0.29) is 0 Å². The normalized spacial score (nSPS) is 24.3. The first-order valence-corrected chi connectivity index (χ1v) is 5.29. The van der Waals surface area contributed by atoms with Crippen molar-refractivity contribution < 1.29 is 9.90 Å². The minimum absolute atomic E-state index is 0.389. The predicted octanol–water partition coefficient (Wildman–Crippen LogP) is 1.47. The van der Waals surface area contributed by atoms with Gasteiger partial charge in [-0.05, 0) is 20.3 Å². The van der Waals surface area contributed by atoms with Gasteiger partial charge in [0, 0.05) is 31.7 Å². The summed E-state index contributed by atoms with van der Waals surface area (Å²) in [4.78, 5) is 14.7. The van der Waals surface area contributed by atoms with Crippen molar-refractivity contribution in [1.82, 2.24) is 9.80 Å². The molecule has 0 saturated carbocycles. The van der Waals surface area contributed by atoms with E-state index in [4.69, 9.17) is 5.11 Å². The summed E-state index contributed by atoms with van der Waals surface area (Å²) >= 11 is 0. The Bertz CT molecular complexity index is 206. The zero-order chi connectivity index (χ0) is 10.7. The highest BCUT2D eigenvalue weighted by molar-refractivity contribution is 5.65. The van der Waals surface area contributed by atoms with Gasteiger partial charge in [-0.15, -0.1) is 0 Å². The molecular formula is C10H20N2O2.